The number of hydrogen-bond donors (Lipinski definition) is 2. The molecule has 0 spiro atoms. The number of hydrogen-bond acceptors (Lipinski definition) is 9. The first-order valence-corrected chi connectivity index (χ1v) is 13.0. The van der Waals surface area contributed by atoms with Crippen LogP contribution in [0.25, 0.3) is 33.4 Å². The maximum Gasteiger partial charge on any atom is 0.219 e. The maximum atomic E-state index is 15.5. The lowest BCUT2D eigenvalue weighted by atomic mass is 10.0. The van der Waals surface area contributed by atoms with Gasteiger partial charge < -0.3 is 24.8 Å². The van der Waals surface area contributed by atoms with E-state index in [9.17, 15) is 4.21 Å². The van der Waals surface area contributed by atoms with E-state index in [1.807, 2.05) is 6.07 Å². The number of fused-ring (bicyclic) bond motifs is 1. The van der Waals surface area contributed by atoms with Crippen LogP contribution in [-0.2, 0) is 15.7 Å². The van der Waals surface area contributed by atoms with Crippen molar-refractivity contribution in [3.8, 4) is 28.3 Å². The van der Waals surface area contributed by atoms with Crippen LogP contribution in [0.4, 0.5) is 21.8 Å². The molecule has 0 radical (unpaired) electrons. The molecule has 37 heavy (non-hydrogen) atoms. The first-order valence-electron chi connectivity index (χ1n) is 11.7. The number of aromatic nitrogens is 4. The first-order chi connectivity index (χ1) is 18.0. The molecule has 5 rings (SSSR count). The molecular weight excluding hydrogens is 497 g/mol. The summed E-state index contributed by atoms with van der Waals surface area (Å²) in [7, 11) is 0.160. The van der Waals surface area contributed by atoms with Gasteiger partial charge in [0.15, 0.2) is 11.6 Å². The van der Waals surface area contributed by atoms with E-state index in [4.69, 9.17) is 25.2 Å². The summed E-state index contributed by atoms with van der Waals surface area (Å²) in [6, 6.07) is 8.54. The molecule has 0 amide bonds. The van der Waals surface area contributed by atoms with Crippen LogP contribution >= 0.6 is 0 Å². The van der Waals surface area contributed by atoms with Crippen molar-refractivity contribution in [3.63, 3.8) is 0 Å². The molecule has 4 aromatic rings. The van der Waals surface area contributed by atoms with Crippen molar-refractivity contribution in [2.24, 2.45) is 0 Å². The second kappa shape index (κ2) is 10.6. The summed E-state index contributed by atoms with van der Waals surface area (Å²) >= 11 is 0. The molecule has 12 heteroatoms. The van der Waals surface area contributed by atoms with E-state index in [2.05, 4.69) is 19.6 Å². The number of benzene rings is 2. The van der Waals surface area contributed by atoms with E-state index in [-0.39, 0.29) is 11.6 Å². The average Bonchev–Trinajstić information content (AvgIpc) is 2.93. The van der Waals surface area contributed by atoms with Crippen LogP contribution in [0.3, 0.4) is 0 Å². The van der Waals surface area contributed by atoms with E-state index in [1.165, 1.54) is 0 Å². The van der Waals surface area contributed by atoms with Crippen LogP contribution in [0.5, 0.6) is 5.75 Å². The highest BCUT2D eigenvalue weighted by Gasteiger charge is 2.22. The summed E-state index contributed by atoms with van der Waals surface area (Å²) in [6.45, 7) is 4.13. The summed E-state index contributed by atoms with van der Waals surface area (Å²) < 4.78 is 41.5. The molecule has 3 heterocycles. The normalized spacial score (nSPS) is 14.5. The molecule has 0 bridgehead atoms. The van der Waals surface area contributed by atoms with Crippen LogP contribution in [0, 0.1) is 5.82 Å². The van der Waals surface area contributed by atoms with Crippen LogP contribution in [-0.4, -0.2) is 63.3 Å². The second-order valence-electron chi connectivity index (χ2n) is 8.28. The molecule has 0 aliphatic carbocycles. The number of methoxy groups -OCH3 is 1. The van der Waals surface area contributed by atoms with E-state index in [0.717, 1.165) is 0 Å². The molecule has 192 valence electrons. The lowest BCUT2D eigenvalue weighted by Crippen LogP contribution is -2.37. The fraction of sp³-hybridized carbons (Fsp3) is 0.280. The molecule has 10 nitrogen and oxygen atoms in total. The lowest BCUT2D eigenvalue weighted by Gasteiger charge is -2.29. The van der Waals surface area contributed by atoms with Gasteiger partial charge in [-0.1, -0.05) is 19.1 Å². The Kier molecular flexibility index (Phi) is 7.10. The minimum atomic E-state index is -1.38. The molecular formula is C25H26FN7O3S. The first kappa shape index (κ1) is 24.8. The summed E-state index contributed by atoms with van der Waals surface area (Å²) in [5.74, 6) is 1.55. The number of anilines is 3. The van der Waals surface area contributed by atoms with Gasteiger partial charge in [-0.15, -0.1) is 0 Å². The highest BCUT2D eigenvalue weighted by atomic mass is 32.2. The number of rotatable bonds is 7. The number of nitrogens with two attached hydrogens (primary N) is 1. The van der Waals surface area contributed by atoms with Crippen molar-refractivity contribution >= 4 is 39.3 Å². The zero-order chi connectivity index (χ0) is 25.9. The van der Waals surface area contributed by atoms with Gasteiger partial charge in [-0.25, -0.2) is 28.5 Å². The minimum Gasteiger partial charge on any atom is -0.494 e. The Hall–Kier alpha value is -3.90. The molecule has 2 aromatic heterocycles. The molecule has 1 saturated heterocycles. The molecule has 1 aliphatic rings. The number of nitrogens with zero attached hydrogens (tertiary/aromatic N) is 5. The molecule has 3 N–H and O–H groups in total. The average molecular weight is 524 g/mol. The molecule has 1 fully saturated rings. The smallest absolute Gasteiger partial charge is 0.219 e. The summed E-state index contributed by atoms with van der Waals surface area (Å²) in [5.41, 5.74) is 7.91. The lowest BCUT2D eigenvalue weighted by molar-refractivity contribution is 0.122. The van der Waals surface area contributed by atoms with Crippen molar-refractivity contribution in [1.82, 2.24) is 19.9 Å². The highest BCUT2D eigenvalue weighted by molar-refractivity contribution is 7.86. The van der Waals surface area contributed by atoms with Crippen LogP contribution in [0.1, 0.15) is 6.92 Å². The van der Waals surface area contributed by atoms with E-state index in [0.29, 0.717) is 77.0 Å². The third-order valence-electron chi connectivity index (χ3n) is 6.00. The number of halogens is 1. The zero-order valence-electron chi connectivity index (χ0n) is 20.4. The van der Waals surface area contributed by atoms with Gasteiger partial charge in [0.1, 0.15) is 28.1 Å². The quantitative estimate of drug-likeness (QED) is 0.374. The number of nitrogen functional groups attached to an aromatic ring is 1. The predicted molar refractivity (Wildman–Crippen MR) is 142 cm³/mol. The molecule has 1 atom stereocenters. The van der Waals surface area contributed by atoms with E-state index in [1.54, 1.807) is 50.7 Å². The van der Waals surface area contributed by atoms with Crippen LogP contribution in [0.15, 0.2) is 42.7 Å². The molecule has 1 aliphatic heterocycles. The molecule has 1 unspecified atom stereocenters. The summed E-state index contributed by atoms with van der Waals surface area (Å²) in [4.78, 5) is 19.9. The number of ether oxygens (including phenoxy) is 2. The van der Waals surface area contributed by atoms with Crippen molar-refractivity contribution in [3.05, 3.63) is 48.5 Å². The zero-order valence-corrected chi connectivity index (χ0v) is 21.2. The van der Waals surface area contributed by atoms with Gasteiger partial charge in [0.05, 0.1) is 31.6 Å². The third-order valence-corrected chi connectivity index (χ3v) is 6.97. The van der Waals surface area contributed by atoms with Gasteiger partial charge in [0.25, 0.3) is 0 Å². The van der Waals surface area contributed by atoms with Crippen molar-refractivity contribution in [2.45, 2.75) is 6.92 Å². The van der Waals surface area contributed by atoms with Crippen LogP contribution in [0.2, 0.25) is 0 Å². The Morgan fingerprint density at radius 3 is 2.62 bits per heavy atom. The Labute approximate surface area is 215 Å². The second-order valence-corrected chi connectivity index (χ2v) is 9.75. The van der Waals surface area contributed by atoms with Gasteiger partial charge in [0, 0.05) is 42.2 Å². The number of nitrogens with one attached hydrogen (secondary N) is 1. The Balaban J connectivity index is 1.71. The SMILES string of the molecule is CCS(=O)Nc1cccc(-c2cc(OC)c3nc(-c4cnc(N)nc4)nc(N4CCOCC4)c3c2)c1F. The third kappa shape index (κ3) is 5.02. The van der Waals surface area contributed by atoms with Gasteiger partial charge in [-0.2, -0.15) is 0 Å². The Morgan fingerprint density at radius 2 is 1.92 bits per heavy atom. The fourth-order valence-corrected chi connectivity index (χ4v) is 4.67. The summed E-state index contributed by atoms with van der Waals surface area (Å²) in [6.07, 6.45) is 3.14. The van der Waals surface area contributed by atoms with Crippen molar-refractivity contribution in [1.29, 1.82) is 0 Å². The number of morpholine rings is 1. The standard InChI is InChI=1S/C25H26FN7O3S/c1-3-37(34)32-19-6-4-5-17(21(19)26)15-11-18-22(20(12-15)35-2)30-23(16-13-28-25(27)29-14-16)31-24(18)33-7-9-36-10-8-33/h4-6,11-14,32H,3,7-10H2,1-2H3,(H2,27,28,29). The Morgan fingerprint density at radius 1 is 1.16 bits per heavy atom. The van der Waals surface area contributed by atoms with Crippen molar-refractivity contribution in [2.75, 3.05) is 54.5 Å². The monoisotopic (exact) mass is 523 g/mol. The van der Waals surface area contributed by atoms with Gasteiger partial charge in [0.2, 0.25) is 5.95 Å². The fourth-order valence-electron chi connectivity index (χ4n) is 4.12. The van der Waals surface area contributed by atoms with Gasteiger partial charge in [-0.3, -0.25) is 0 Å². The minimum absolute atomic E-state index is 0.154. The molecule has 2 aromatic carbocycles. The maximum absolute atomic E-state index is 15.5. The van der Waals surface area contributed by atoms with Crippen LogP contribution < -0.4 is 20.1 Å². The van der Waals surface area contributed by atoms with Crippen molar-refractivity contribution < 1.29 is 18.1 Å². The van der Waals surface area contributed by atoms with E-state index >= 15 is 4.39 Å². The largest absolute Gasteiger partial charge is 0.494 e. The highest BCUT2D eigenvalue weighted by Crippen LogP contribution is 2.39. The topological polar surface area (TPSA) is 128 Å². The van der Waals surface area contributed by atoms with Gasteiger partial charge in [-0.05, 0) is 23.8 Å². The predicted octanol–water partition coefficient (Wildman–Crippen LogP) is 3.42. The summed E-state index contributed by atoms with van der Waals surface area (Å²) in [5, 5.41) is 0.700. The van der Waals surface area contributed by atoms with E-state index < -0.39 is 16.8 Å². The molecule has 0 saturated carbocycles. The van der Waals surface area contributed by atoms with Gasteiger partial charge >= 0.3 is 0 Å². The Bertz CT molecular complexity index is 1460.